The zero-order chi connectivity index (χ0) is 16.0. The highest BCUT2D eigenvalue weighted by Gasteiger charge is 2.34. The van der Waals surface area contributed by atoms with Gasteiger partial charge in [0.15, 0.2) is 0 Å². The predicted molar refractivity (Wildman–Crippen MR) is 98.7 cm³/mol. The second-order valence-corrected chi connectivity index (χ2v) is 6.87. The molecule has 1 amide bonds. The van der Waals surface area contributed by atoms with E-state index in [0.717, 1.165) is 39.1 Å². The summed E-state index contributed by atoms with van der Waals surface area (Å²) >= 11 is 0. The molecule has 0 spiro atoms. The topological polar surface area (TPSA) is 41.6 Å². The van der Waals surface area contributed by atoms with Crippen LogP contribution in [0.4, 0.5) is 0 Å². The molecule has 4 nitrogen and oxygen atoms in total. The lowest BCUT2D eigenvalue weighted by molar-refractivity contribution is -0.123. The number of nitrogens with zero attached hydrogens (tertiary/aromatic N) is 1. The molecule has 0 radical (unpaired) electrons. The van der Waals surface area contributed by atoms with E-state index in [1.165, 1.54) is 24.8 Å². The molecule has 2 aliphatic rings. The Labute approximate surface area is 151 Å². The monoisotopic (exact) mass is 352 g/mol. The average Bonchev–Trinajstić information content (AvgIpc) is 2.62. The van der Waals surface area contributed by atoms with Crippen LogP contribution in [0.1, 0.15) is 37.7 Å². The highest BCUT2D eigenvalue weighted by atomic mass is 35.5. The Hall–Kier alpha value is -1.10. The maximum absolute atomic E-state index is 12.3. The number of hydrogen-bond acceptors (Lipinski definition) is 3. The fourth-order valence-corrected chi connectivity index (χ4v) is 3.77. The van der Waals surface area contributed by atoms with Crippen LogP contribution in [-0.2, 0) is 14.9 Å². The SMILES string of the molecule is Cl.O=C(CN1CCCCC1)NCC1(c2ccccc2)CCOCC1. The second kappa shape index (κ2) is 9.40. The van der Waals surface area contributed by atoms with E-state index in [0.29, 0.717) is 13.1 Å². The quantitative estimate of drug-likeness (QED) is 0.886. The van der Waals surface area contributed by atoms with Gasteiger partial charge in [0.2, 0.25) is 5.91 Å². The molecule has 2 heterocycles. The van der Waals surface area contributed by atoms with Gasteiger partial charge in [-0.25, -0.2) is 0 Å². The van der Waals surface area contributed by atoms with E-state index in [2.05, 4.69) is 34.5 Å². The van der Waals surface area contributed by atoms with Crippen molar-refractivity contribution in [2.45, 2.75) is 37.5 Å². The number of amides is 1. The molecule has 0 bridgehead atoms. The molecule has 1 aromatic rings. The normalized spacial score (nSPS) is 20.8. The molecule has 2 saturated heterocycles. The van der Waals surface area contributed by atoms with E-state index in [1.807, 2.05) is 6.07 Å². The summed E-state index contributed by atoms with van der Waals surface area (Å²) in [6.45, 7) is 4.93. The number of halogens is 1. The lowest BCUT2D eigenvalue weighted by Gasteiger charge is -2.38. The number of benzene rings is 1. The molecule has 3 rings (SSSR count). The Bertz CT molecular complexity index is 497. The minimum Gasteiger partial charge on any atom is -0.381 e. The molecule has 2 fully saturated rings. The van der Waals surface area contributed by atoms with Crippen molar-refractivity contribution in [1.29, 1.82) is 0 Å². The van der Waals surface area contributed by atoms with Crippen LogP contribution in [0.2, 0.25) is 0 Å². The third-order valence-corrected chi connectivity index (χ3v) is 5.28. The second-order valence-electron chi connectivity index (χ2n) is 6.87. The minimum absolute atomic E-state index is 0. The van der Waals surface area contributed by atoms with Gasteiger partial charge in [0.25, 0.3) is 0 Å². The van der Waals surface area contributed by atoms with Gasteiger partial charge < -0.3 is 10.1 Å². The summed E-state index contributed by atoms with van der Waals surface area (Å²) in [7, 11) is 0. The first-order valence-electron chi connectivity index (χ1n) is 8.91. The first-order valence-corrected chi connectivity index (χ1v) is 8.91. The van der Waals surface area contributed by atoms with E-state index in [4.69, 9.17) is 4.74 Å². The van der Waals surface area contributed by atoms with E-state index in [9.17, 15) is 4.79 Å². The first-order chi connectivity index (χ1) is 11.3. The maximum Gasteiger partial charge on any atom is 0.234 e. The Morgan fingerprint density at radius 2 is 1.75 bits per heavy atom. The number of nitrogens with one attached hydrogen (secondary N) is 1. The summed E-state index contributed by atoms with van der Waals surface area (Å²) in [4.78, 5) is 14.6. The van der Waals surface area contributed by atoms with Crippen LogP contribution in [0.25, 0.3) is 0 Å². The van der Waals surface area contributed by atoms with Gasteiger partial charge in [-0.05, 0) is 44.3 Å². The first kappa shape index (κ1) is 19.2. The van der Waals surface area contributed by atoms with Crippen LogP contribution in [0.5, 0.6) is 0 Å². The molecule has 134 valence electrons. The van der Waals surface area contributed by atoms with Crippen molar-refractivity contribution in [2.24, 2.45) is 0 Å². The van der Waals surface area contributed by atoms with Crippen LogP contribution in [0.3, 0.4) is 0 Å². The summed E-state index contributed by atoms with van der Waals surface area (Å²) < 4.78 is 5.55. The third kappa shape index (κ3) is 4.95. The van der Waals surface area contributed by atoms with Gasteiger partial charge in [-0.15, -0.1) is 12.4 Å². The largest absolute Gasteiger partial charge is 0.381 e. The number of carbonyl (C=O) groups is 1. The molecule has 0 saturated carbocycles. The summed E-state index contributed by atoms with van der Waals surface area (Å²) in [5.41, 5.74) is 1.35. The zero-order valence-electron chi connectivity index (χ0n) is 14.3. The lowest BCUT2D eigenvalue weighted by Crippen LogP contribution is -2.47. The number of carbonyl (C=O) groups excluding carboxylic acids is 1. The van der Waals surface area contributed by atoms with Crippen LogP contribution >= 0.6 is 12.4 Å². The summed E-state index contributed by atoms with van der Waals surface area (Å²) in [6.07, 6.45) is 5.69. The molecule has 1 N–H and O–H groups in total. The molecule has 0 aliphatic carbocycles. The van der Waals surface area contributed by atoms with Crippen molar-refractivity contribution in [2.75, 3.05) is 39.4 Å². The van der Waals surface area contributed by atoms with E-state index >= 15 is 0 Å². The van der Waals surface area contributed by atoms with Crippen molar-refractivity contribution in [3.05, 3.63) is 35.9 Å². The van der Waals surface area contributed by atoms with Gasteiger partial charge in [0, 0.05) is 25.2 Å². The molecule has 0 atom stereocenters. The zero-order valence-corrected chi connectivity index (χ0v) is 15.2. The standard InChI is InChI=1S/C19H28N2O2.ClH/c22-18(15-21-11-5-2-6-12-21)20-16-19(9-13-23-14-10-19)17-7-3-1-4-8-17;/h1,3-4,7-8H,2,5-6,9-16H2,(H,20,22);1H. The van der Waals surface area contributed by atoms with Gasteiger partial charge in [-0.3, -0.25) is 9.69 Å². The Balaban J connectivity index is 0.00000208. The van der Waals surface area contributed by atoms with Crippen LogP contribution in [-0.4, -0.2) is 50.2 Å². The average molecular weight is 353 g/mol. The number of piperidine rings is 1. The van der Waals surface area contributed by atoms with Gasteiger partial charge in [-0.2, -0.15) is 0 Å². The molecule has 0 aromatic heterocycles. The highest BCUT2D eigenvalue weighted by molar-refractivity contribution is 5.85. The Kier molecular flexibility index (Phi) is 7.53. The van der Waals surface area contributed by atoms with E-state index < -0.39 is 0 Å². The van der Waals surface area contributed by atoms with Crippen LogP contribution < -0.4 is 5.32 Å². The maximum atomic E-state index is 12.3. The molecule has 1 aromatic carbocycles. The van der Waals surface area contributed by atoms with Crippen molar-refractivity contribution >= 4 is 18.3 Å². The summed E-state index contributed by atoms with van der Waals surface area (Å²) in [5, 5.41) is 3.20. The molecular weight excluding hydrogens is 324 g/mol. The highest BCUT2D eigenvalue weighted by Crippen LogP contribution is 2.34. The van der Waals surface area contributed by atoms with Crippen molar-refractivity contribution in [3.63, 3.8) is 0 Å². The molecule has 24 heavy (non-hydrogen) atoms. The van der Waals surface area contributed by atoms with E-state index in [1.54, 1.807) is 0 Å². The van der Waals surface area contributed by atoms with Crippen molar-refractivity contribution in [1.82, 2.24) is 10.2 Å². The Morgan fingerprint density at radius 3 is 2.42 bits per heavy atom. The molecule has 0 unspecified atom stereocenters. The van der Waals surface area contributed by atoms with Crippen molar-refractivity contribution < 1.29 is 9.53 Å². The Morgan fingerprint density at radius 1 is 1.08 bits per heavy atom. The minimum atomic E-state index is 0. The van der Waals surface area contributed by atoms with Crippen molar-refractivity contribution in [3.8, 4) is 0 Å². The number of rotatable bonds is 5. The fourth-order valence-electron chi connectivity index (χ4n) is 3.77. The number of likely N-dealkylation sites (tertiary alicyclic amines) is 1. The number of ether oxygens (including phenoxy) is 1. The van der Waals surface area contributed by atoms with Crippen LogP contribution in [0.15, 0.2) is 30.3 Å². The smallest absolute Gasteiger partial charge is 0.234 e. The molecular formula is C19H29ClN2O2. The molecule has 2 aliphatic heterocycles. The van der Waals surface area contributed by atoms with Gasteiger partial charge in [-0.1, -0.05) is 36.8 Å². The number of hydrogen-bond donors (Lipinski definition) is 1. The lowest BCUT2D eigenvalue weighted by atomic mass is 9.74. The third-order valence-electron chi connectivity index (χ3n) is 5.28. The predicted octanol–water partition coefficient (Wildman–Crippen LogP) is 2.76. The van der Waals surface area contributed by atoms with Gasteiger partial charge in [0.1, 0.15) is 0 Å². The van der Waals surface area contributed by atoms with Crippen LogP contribution in [0, 0.1) is 0 Å². The van der Waals surface area contributed by atoms with Gasteiger partial charge in [0.05, 0.1) is 6.54 Å². The molecule has 5 heteroatoms. The summed E-state index contributed by atoms with van der Waals surface area (Å²) in [5.74, 6) is 0.161. The fraction of sp³-hybridized carbons (Fsp3) is 0.632. The van der Waals surface area contributed by atoms with Gasteiger partial charge >= 0.3 is 0 Å². The summed E-state index contributed by atoms with van der Waals surface area (Å²) in [6, 6.07) is 10.6. The van der Waals surface area contributed by atoms with E-state index in [-0.39, 0.29) is 23.7 Å².